The van der Waals surface area contributed by atoms with Crippen molar-refractivity contribution >= 4 is 23.1 Å². The topological polar surface area (TPSA) is 65.3 Å². The molecular weight excluding hydrogens is 414 g/mol. The molecule has 1 aliphatic heterocycles. The van der Waals surface area contributed by atoms with Crippen molar-refractivity contribution in [3.8, 4) is 17.2 Å². The average molecular weight is 440 g/mol. The van der Waals surface area contributed by atoms with Crippen LogP contribution >= 0.6 is 11.3 Å². The zero-order valence-electron chi connectivity index (χ0n) is 18.0. The Bertz CT molecular complexity index is 1240. The van der Waals surface area contributed by atoms with Crippen LogP contribution in [0.5, 0.6) is 17.2 Å². The first-order chi connectivity index (χ1) is 15.1. The lowest BCUT2D eigenvalue weighted by atomic mass is 10.1. The normalized spacial score (nSPS) is 13.5. The Balaban J connectivity index is 1.70. The van der Waals surface area contributed by atoms with Crippen LogP contribution in [0.1, 0.15) is 18.1 Å². The number of benzene rings is 2. The van der Waals surface area contributed by atoms with Crippen LogP contribution in [-0.2, 0) is 13.1 Å². The van der Waals surface area contributed by atoms with Crippen molar-refractivity contribution in [3.05, 3.63) is 67.2 Å². The summed E-state index contributed by atoms with van der Waals surface area (Å²) in [5, 5.41) is 0. The summed E-state index contributed by atoms with van der Waals surface area (Å²) in [6, 6.07) is 12.0. The molecule has 1 aliphatic rings. The summed E-state index contributed by atoms with van der Waals surface area (Å²) in [6.45, 7) is 3.13. The van der Waals surface area contributed by atoms with Crippen LogP contribution in [0.3, 0.4) is 0 Å². The van der Waals surface area contributed by atoms with Gasteiger partial charge in [0.1, 0.15) is 13.3 Å². The average Bonchev–Trinajstić information content (AvgIpc) is 3.12. The van der Waals surface area contributed by atoms with Gasteiger partial charge in [-0.25, -0.2) is 4.99 Å². The summed E-state index contributed by atoms with van der Waals surface area (Å²) >= 11 is 1.39. The molecule has 0 N–H and O–H groups in total. The smallest absolute Gasteiger partial charge is 0.271 e. The van der Waals surface area contributed by atoms with Crippen molar-refractivity contribution in [1.29, 1.82) is 0 Å². The molecule has 0 fully saturated rings. The second kappa shape index (κ2) is 8.85. The monoisotopic (exact) mass is 439 g/mol. The molecule has 3 aromatic rings. The largest absolute Gasteiger partial charge is 0.493 e. The Morgan fingerprint density at radius 2 is 1.74 bits per heavy atom. The molecule has 0 atom stereocenters. The van der Waals surface area contributed by atoms with E-state index in [-0.39, 0.29) is 5.56 Å². The van der Waals surface area contributed by atoms with Crippen LogP contribution in [0.15, 0.2) is 46.2 Å². The maximum absolute atomic E-state index is 13.1. The van der Waals surface area contributed by atoms with Crippen molar-refractivity contribution in [2.75, 3.05) is 32.9 Å². The molecule has 1 aromatic heterocycles. The van der Waals surface area contributed by atoms with Crippen LogP contribution in [0.4, 0.5) is 5.69 Å². The number of hydrogen-bond donors (Lipinski definition) is 0. The van der Waals surface area contributed by atoms with Crippen molar-refractivity contribution in [3.63, 3.8) is 0 Å². The van der Waals surface area contributed by atoms with Gasteiger partial charge in [-0.05, 0) is 47.9 Å². The predicted octanol–water partition coefficient (Wildman–Crippen LogP) is 2.38. The summed E-state index contributed by atoms with van der Waals surface area (Å²) in [5.41, 5.74) is 3.07. The Morgan fingerprint density at radius 3 is 2.32 bits per heavy atom. The summed E-state index contributed by atoms with van der Waals surface area (Å²) in [7, 11) is 4.70. The molecule has 2 heterocycles. The Hall–Kier alpha value is -3.26. The number of nitrogens with zero attached hydrogens (tertiary/aromatic N) is 3. The molecule has 0 amide bonds. The number of methoxy groups -OCH3 is 3. The van der Waals surface area contributed by atoms with Gasteiger partial charge in [-0.1, -0.05) is 30.4 Å². The summed E-state index contributed by atoms with van der Waals surface area (Å²) in [4.78, 5) is 20.5. The van der Waals surface area contributed by atoms with E-state index in [0.717, 1.165) is 22.5 Å². The van der Waals surface area contributed by atoms with E-state index in [1.165, 1.54) is 16.9 Å². The highest BCUT2D eigenvalue weighted by Gasteiger charge is 2.17. The molecule has 0 saturated carbocycles. The number of anilines is 1. The van der Waals surface area contributed by atoms with Gasteiger partial charge in [0.15, 0.2) is 16.3 Å². The third kappa shape index (κ3) is 4.03. The van der Waals surface area contributed by atoms with Crippen molar-refractivity contribution < 1.29 is 14.2 Å². The van der Waals surface area contributed by atoms with Crippen LogP contribution in [0.25, 0.3) is 6.08 Å². The second-order valence-electron chi connectivity index (χ2n) is 7.09. The fourth-order valence-corrected chi connectivity index (χ4v) is 4.52. The Kier molecular flexibility index (Phi) is 5.99. The minimum absolute atomic E-state index is 0.0626. The highest BCUT2D eigenvalue weighted by molar-refractivity contribution is 7.07. The van der Waals surface area contributed by atoms with Gasteiger partial charge in [0.2, 0.25) is 5.75 Å². The van der Waals surface area contributed by atoms with Gasteiger partial charge in [-0.15, -0.1) is 0 Å². The van der Waals surface area contributed by atoms with Gasteiger partial charge in [-0.3, -0.25) is 9.36 Å². The highest BCUT2D eigenvalue weighted by Crippen LogP contribution is 2.38. The van der Waals surface area contributed by atoms with Gasteiger partial charge in [0.25, 0.3) is 5.56 Å². The summed E-state index contributed by atoms with van der Waals surface area (Å²) in [6.07, 6.45) is 2.83. The molecule has 4 rings (SSSR count). The molecule has 0 saturated heterocycles. The number of hydrogen-bond acceptors (Lipinski definition) is 7. The third-order valence-electron chi connectivity index (χ3n) is 5.27. The molecule has 0 bridgehead atoms. The van der Waals surface area contributed by atoms with E-state index in [2.05, 4.69) is 41.1 Å². The molecule has 0 unspecified atom stereocenters. The molecule has 7 nitrogen and oxygen atoms in total. The lowest BCUT2D eigenvalue weighted by molar-refractivity contribution is 0.324. The first-order valence-corrected chi connectivity index (χ1v) is 10.8. The van der Waals surface area contributed by atoms with Gasteiger partial charge >= 0.3 is 0 Å². The lowest BCUT2D eigenvalue weighted by Crippen LogP contribution is -2.42. The Morgan fingerprint density at radius 1 is 1.06 bits per heavy atom. The maximum Gasteiger partial charge on any atom is 0.271 e. The molecule has 0 spiro atoms. The maximum atomic E-state index is 13.1. The molecule has 31 heavy (non-hydrogen) atoms. The molecule has 0 aliphatic carbocycles. The molecule has 2 aromatic carbocycles. The van der Waals surface area contributed by atoms with Crippen molar-refractivity contribution in [1.82, 2.24) is 4.57 Å². The third-order valence-corrected chi connectivity index (χ3v) is 6.32. The molecule has 162 valence electrons. The van der Waals surface area contributed by atoms with Gasteiger partial charge in [0, 0.05) is 5.69 Å². The molecule has 0 radical (unpaired) electrons. The minimum atomic E-state index is -0.0626. The number of aromatic nitrogens is 1. The van der Waals surface area contributed by atoms with Gasteiger partial charge in [-0.2, -0.15) is 0 Å². The number of thiazole rings is 1. The summed E-state index contributed by atoms with van der Waals surface area (Å²) < 4.78 is 18.5. The van der Waals surface area contributed by atoms with Gasteiger partial charge < -0.3 is 19.1 Å². The van der Waals surface area contributed by atoms with Crippen LogP contribution in [0, 0.1) is 0 Å². The second-order valence-corrected chi connectivity index (χ2v) is 8.09. The Labute approximate surface area is 184 Å². The first kappa shape index (κ1) is 21.0. The zero-order valence-corrected chi connectivity index (χ0v) is 18.9. The quantitative estimate of drug-likeness (QED) is 0.590. The van der Waals surface area contributed by atoms with Crippen LogP contribution in [-0.4, -0.2) is 32.6 Å². The number of aryl methyl sites for hydroxylation is 1. The SMILES string of the molecule is CCc1ccc(N2CN=c3s/c(=C\c4cc(OC)c(OC)c(OC)c4)c(=O)n3C2)cc1. The highest BCUT2D eigenvalue weighted by atomic mass is 32.1. The van der Waals surface area contributed by atoms with Gasteiger partial charge in [0.05, 0.1) is 25.9 Å². The van der Waals surface area contributed by atoms with E-state index in [4.69, 9.17) is 14.2 Å². The fraction of sp³-hybridized carbons (Fsp3) is 0.304. The number of fused-ring (bicyclic) bond motifs is 1. The van der Waals surface area contributed by atoms with E-state index < -0.39 is 0 Å². The first-order valence-electron chi connectivity index (χ1n) is 9.97. The number of rotatable bonds is 6. The molecular formula is C23H25N3O4S. The van der Waals surface area contributed by atoms with E-state index in [1.54, 1.807) is 25.9 Å². The lowest BCUT2D eigenvalue weighted by Gasteiger charge is -2.25. The van der Waals surface area contributed by atoms with Crippen molar-refractivity contribution in [2.45, 2.75) is 20.0 Å². The zero-order chi connectivity index (χ0) is 22.0. The predicted molar refractivity (Wildman–Crippen MR) is 122 cm³/mol. The van der Waals surface area contributed by atoms with Crippen molar-refractivity contribution in [2.24, 2.45) is 4.99 Å². The van der Waals surface area contributed by atoms with Crippen LogP contribution < -0.4 is 34.0 Å². The van der Waals surface area contributed by atoms with Crippen LogP contribution in [0.2, 0.25) is 0 Å². The van der Waals surface area contributed by atoms with E-state index in [0.29, 0.717) is 35.1 Å². The summed E-state index contributed by atoms with van der Waals surface area (Å²) in [5.74, 6) is 1.60. The minimum Gasteiger partial charge on any atom is -0.493 e. The van der Waals surface area contributed by atoms with E-state index in [9.17, 15) is 4.79 Å². The molecule has 8 heteroatoms. The van der Waals surface area contributed by atoms with E-state index >= 15 is 0 Å². The number of ether oxygens (including phenoxy) is 3. The fourth-order valence-electron chi connectivity index (χ4n) is 3.55. The van der Waals surface area contributed by atoms with E-state index in [1.807, 2.05) is 18.2 Å². The standard InChI is InChI=1S/C23H25N3O4S/c1-5-15-6-8-17(9-7-15)25-13-24-23-26(14-25)22(27)20(31-23)12-16-10-18(28-2)21(30-4)19(11-16)29-3/h6-12H,5,13-14H2,1-4H3/b20-12-.